The number of rotatable bonds is 4. The summed E-state index contributed by atoms with van der Waals surface area (Å²) in [5.74, 6) is -0.109. The molecule has 4 aliphatic rings. The minimum absolute atomic E-state index is 0.0383. The van der Waals surface area contributed by atoms with Crippen molar-refractivity contribution in [2.75, 3.05) is 6.79 Å². The van der Waals surface area contributed by atoms with Crippen LogP contribution in [0, 0.1) is 5.92 Å². The second-order valence-electron chi connectivity index (χ2n) is 10.4. The summed E-state index contributed by atoms with van der Waals surface area (Å²) in [5, 5.41) is 0. The van der Waals surface area contributed by atoms with E-state index in [1.807, 2.05) is 37.3 Å². The first-order chi connectivity index (χ1) is 18.0. The molecule has 2 heterocycles. The zero-order valence-corrected chi connectivity index (χ0v) is 22.5. The molecule has 1 unspecified atom stereocenters. The van der Waals surface area contributed by atoms with Gasteiger partial charge in [0.05, 0.1) is 0 Å². The van der Waals surface area contributed by atoms with Crippen LogP contribution in [-0.2, 0) is 14.3 Å². The van der Waals surface area contributed by atoms with Crippen LogP contribution >= 0.6 is 15.9 Å². The highest BCUT2D eigenvalue weighted by atomic mass is 79.9. The van der Waals surface area contributed by atoms with Crippen LogP contribution in [0.2, 0.25) is 0 Å². The standard InChI is InChI=1S/C30H30BrNO5/c1-17-27(30(34)37-20-10-6-3-7-11-20)28(21-14-25-26(15-22(21)31)36-16-35-25)29-23(32-17)12-19(13-24(29)33)18-8-4-2-5-9-18/h2,4-5,8-9,14-15,19-20,27-28H,3,6-7,10-13,16H2,1H3/t19-,27?,28+/m0/s1. The molecule has 2 aliphatic heterocycles. The van der Waals surface area contributed by atoms with Gasteiger partial charge in [0, 0.05) is 33.8 Å². The second kappa shape index (κ2) is 10.1. The molecule has 2 aliphatic carbocycles. The van der Waals surface area contributed by atoms with E-state index in [4.69, 9.17) is 19.2 Å². The molecule has 0 saturated heterocycles. The summed E-state index contributed by atoms with van der Waals surface area (Å²) < 4.78 is 18.1. The Morgan fingerprint density at radius 1 is 1.03 bits per heavy atom. The summed E-state index contributed by atoms with van der Waals surface area (Å²) in [6.45, 7) is 2.04. The molecule has 0 bridgehead atoms. The van der Waals surface area contributed by atoms with Crippen molar-refractivity contribution in [3.05, 3.63) is 69.3 Å². The van der Waals surface area contributed by atoms with Crippen molar-refractivity contribution in [2.24, 2.45) is 10.9 Å². The number of hydrogen-bond acceptors (Lipinski definition) is 6. The first kappa shape index (κ1) is 24.4. The monoisotopic (exact) mass is 563 g/mol. The molecule has 0 N–H and O–H groups in total. The first-order valence-electron chi connectivity index (χ1n) is 13.2. The van der Waals surface area contributed by atoms with Crippen molar-refractivity contribution < 1.29 is 23.8 Å². The number of halogens is 1. The van der Waals surface area contributed by atoms with E-state index in [9.17, 15) is 9.59 Å². The average molecular weight is 564 g/mol. The number of hydrogen-bond donors (Lipinski definition) is 0. The molecule has 0 radical (unpaired) electrons. The molecule has 1 saturated carbocycles. The van der Waals surface area contributed by atoms with Gasteiger partial charge in [0.2, 0.25) is 6.79 Å². The maximum Gasteiger partial charge on any atom is 0.315 e. The van der Waals surface area contributed by atoms with Gasteiger partial charge in [-0.2, -0.15) is 0 Å². The Bertz CT molecular complexity index is 1290. The average Bonchev–Trinajstić information content (AvgIpc) is 3.35. The lowest BCUT2D eigenvalue weighted by Gasteiger charge is -2.37. The highest BCUT2D eigenvalue weighted by Crippen LogP contribution is 2.50. The molecule has 3 atom stereocenters. The van der Waals surface area contributed by atoms with E-state index in [2.05, 4.69) is 28.1 Å². The van der Waals surface area contributed by atoms with E-state index in [1.165, 1.54) is 6.42 Å². The number of carbonyl (C=O) groups excluding carboxylic acids is 2. The molecule has 2 aromatic carbocycles. The van der Waals surface area contributed by atoms with Gasteiger partial charge in [-0.25, -0.2) is 0 Å². The lowest BCUT2D eigenvalue weighted by molar-refractivity contribution is -0.153. The molecule has 37 heavy (non-hydrogen) atoms. The van der Waals surface area contributed by atoms with E-state index in [0.29, 0.717) is 35.6 Å². The summed E-state index contributed by atoms with van der Waals surface area (Å²) in [5.41, 5.74) is 4.05. The van der Waals surface area contributed by atoms with Crippen molar-refractivity contribution in [3.63, 3.8) is 0 Å². The minimum Gasteiger partial charge on any atom is -0.462 e. The van der Waals surface area contributed by atoms with Crippen molar-refractivity contribution in [3.8, 4) is 11.5 Å². The van der Waals surface area contributed by atoms with Gasteiger partial charge >= 0.3 is 5.97 Å². The molecule has 2 aromatic rings. The number of Topliss-reactive ketones (excluding diaryl/α,β-unsaturated/α-hetero) is 1. The smallest absolute Gasteiger partial charge is 0.315 e. The number of allylic oxidation sites excluding steroid dienone is 2. The third kappa shape index (κ3) is 4.63. The molecular formula is C30H30BrNO5. The van der Waals surface area contributed by atoms with Gasteiger partial charge in [-0.15, -0.1) is 0 Å². The molecule has 0 amide bonds. The predicted molar refractivity (Wildman–Crippen MR) is 143 cm³/mol. The van der Waals surface area contributed by atoms with Crippen molar-refractivity contribution >= 4 is 33.4 Å². The van der Waals surface area contributed by atoms with Gasteiger partial charge < -0.3 is 14.2 Å². The topological polar surface area (TPSA) is 74.2 Å². The molecule has 1 fully saturated rings. The summed E-state index contributed by atoms with van der Waals surface area (Å²) in [6, 6.07) is 13.9. The lowest BCUT2D eigenvalue weighted by atomic mass is 9.69. The number of nitrogens with zero attached hydrogens (tertiary/aromatic N) is 1. The third-order valence-electron chi connectivity index (χ3n) is 8.08. The van der Waals surface area contributed by atoms with E-state index in [-0.39, 0.29) is 30.6 Å². The van der Waals surface area contributed by atoms with Crippen LogP contribution in [0.3, 0.4) is 0 Å². The molecule has 192 valence electrons. The SMILES string of the molecule is CC1=NC2=C(C(=O)C[C@@H](c3ccccc3)C2)[C@H](c2cc3c(cc2Br)OCO3)C1C(=O)OC1CCCCC1. The number of aliphatic imine (C=N–C) groups is 1. The number of esters is 1. The maximum atomic E-state index is 13.9. The van der Waals surface area contributed by atoms with Gasteiger partial charge in [0.25, 0.3) is 0 Å². The highest BCUT2D eigenvalue weighted by molar-refractivity contribution is 9.10. The number of fused-ring (bicyclic) bond motifs is 1. The lowest BCUT2D eigenvalue weighted by Crippen LogP contribution is -2.39. The molecule has 0 aromatic heterocycles. The summed E-state index contributed by atoms with van der Waals surface area (Å²) in [4.78, 5) is 32.5. The zero-order valence-electron chi connectivity index (χ0n) is 20.9. The van der Waals surface area contributed by atoms with Crippen molar-refractivity contribution in [1.82, 2.24) is 0 Å². The van der Waals surface area contributed by atoms with Crippen molar-refractivity contribution in [2.45, 2.75) is 69.8 Å². The highest BCUT2D eigenvalue weighted by Gasteiger charge is 2.46. The van der Waals surface area contributed by atoms with Crippen LogP contribution < -0.4 is 9.47 Å². The molecule has 0 spiro atoms. The normalized spacial score (nSPS) is 25.5. The van der Waals surface area contributed by atoms with Crippen molar-refractivity contribution in [1.29, 1.82) is 0 Å². The van der Waals surface area contributed by atoms with Gasteiger partial charge in [-0.05, 0) is 68.2 Å². The molecule has 7 heteroatoms. The Labute approximate surface area is 225 Å². The third-order valence-corrected chi connectivity index (χ3v) is 8.76. The fraction of sp³-hybridized carbons (Fsp3) is 0.433. The Hall–Kier alpha value is -2.93. The van der Waals surface area contributed by atoms with E-state index >= 15 is 0 Å². The number of ether oxygens (including phenoxy) is 3. The van der Waals surface area contributed by atoms with Crippen LogP contribution in [0.4, 0.5) is 0 Å². The van der Waals surface area contributed by atoms with E-state index in [0.717, 1.165) is 47.0 Å². The Morgan fingerprint density at radius 2 is 1.76 bits per heavy atom. The van der Waals surface area contributed by atoms with E-state index < -0.39 is 11.8 Å². The molecular weight excluding hydrogens is 534 g/mol. The number of ketones is 1. The Balaban J connectivity index is 1.42. The minimum atomic E-state index is -0.672. The van der Waals surface area contributed by atoms with Crippen LogP contribution in [0.15, 0.2) is 63.2 Å². The fourth-order valence-electron chi connectivity index (χ4n) is 6.25. The second-order valence-corrected chi connectivity index (χ2v) is 11.3. The summed E-state index contributed by atoms with van der Waals surface area (Å²) in [6.07, 6.45) is 6.07. The summed E-state index contributed by atoms with van der Waals surface area (Å²) >= 11 is 3.70. The van der Waals surface area contributed by atoms with Crippen LogP contribution in [0.5, 0.6) is 11.5 Å². The Morgan fingerprint density at radius 3 is 2.51 bits per heavy atom. The van der Waals surface area contributed by atoms with Gasteiger partial charge in [-0.1, -0.05) is 52.7 Å². The largest absolute Gasteiger partial charge is 0.462 e. The number of carbonyl (C=O) groups is 2. The molecule has 6 nitrogen and oxygen atoms in total. The van der Waals surface area contributed by atoms with Crippen LogP contribution in [0.25, 0.3) is 0 Å². The summed E-state index contributed by atoms with van der Waals surface area (Å²) in [7, 11) is 0. The first-order valence-corrected chi connectivity index (χ1v) is 13.9. The van der Waals surface area contributed by atoms with Gasteiger partial charge in [0.15, 0.2) is 17.3 Å². The van der Waals surface area contributed by atoms with E-state index in [1.54, 1.807) is 0 Å². The number of benzene rings is 2. The predicted octanol–water partition coefficient (Wildman–Crippen LogP) is 6.63. The zero-order chi connectivity index (χ0) is 25.5. The van der Waals surface area contributed by atoms with Crippen LogP contribution in [0.1, 0.15) is 74.8 Å². The fourth-order valence-corrected chi connectivity index (χ4v) is 6.82. The van der Waals surface area contributed by atoms with Crippen LogP contribution in [-0.4, -0.2) is 30.4 Å². The quantitative estimate of drug-likeness (QED) is 0.390. The molecule has 6 rings (SSSR count). The Kier molecular flexibility index (Phi) is 6.65. The maximum absolute atomic E-state index is 13.9. The van der Waals surface area contributed by atoms with Gasteiger partial charge in [-0.3, -0.25) is 14.6 Å². The van der Waals surface area contributed by atoms with Gasteiger partial charge in [0.1, 0.15) is 12.0 Å².